The number of carbonyl (C=O) groups is 1. The first-order valence-corrected chi connectivity index (χ1v) is 9.32. The number of methoxy groups -OCH3 is 1. The second kappa shape index (κ2) is 11.0. The Morgan fingerprint density at radius 2 is 1.45 bits per heavy atom. The molecule has 0 bridgehead atoms. The first-order chi connectivity index (χ1) is 10.6. The summed E-state index contributed by atoms with van der Waals surface area (Å²) in [6.45, 7) is 6.97. The Bertz CT molecular complexity index is 303. The van der Waals surface area contributed by atoms with Crippen LogP contribution in [0.4, 0.5) is 0 Å². The van der Waals surface area contributed by atoms with Gasteiger partial charge in [-0.25, -0.2) is 0 Å². The SMILES string of the molecule is CCCCCC1OC(CCCCCCC(=O)OC)C(C)C1C. The second-order valence-electron chi connectivity index (χ2n) is 6.96. The van der Waals surface area contributed by atoms with Crippen LogP contribution in [0.3, 0.4) is 0 Å². The molecule has 0 aromatic rings. The summed E-state index contributed by atoms with van der Waals surface area (Å²) in [6, 6.07) is 0. The average molecular weight is 312 g/mol. The minimum absolute atomic E-state index is 0.0866. The molecule has 1 fully saturated rings. The van der Waals surface area contributed by atoms with Crippen LogP contribution in [-0.4, -0.2) is 25.3 Å². The third kappa shape index (κ3) is 6.68. The molecular weight excluding hydrogens is 276 g/mol. The van der Waals surface area contributed by atoms with Gasteiger partial charge in [0.15, 0.2) is 0 Å². The molecule has 0 radical (unpaired) electrons. The first kappa shape index (κ1) is 19.5. The monoisotopic (exact) mass is 312 g/mol. The summed E-state index contributed by atoms with van der Waals surface area (Å²) >= 11 is 0. The van der Waals surface area contributed by atoms with E-state index in [-0.39, 0.29) is 5.97 Å². The Kier molecular flexibility index (Phi) is 9.77. The molecule has 130 valence electrons. The van der Waals surface area contributed by atoms with Crippen LogP contribution in [0.25, 0.3) is 0 Å². The largest absolute Gasteiger partial charge is 0.469 e. The summed E-state index contributed by atoms with van der Waals surface area (Å²) in [5.41, 5.74) is 0. The summed E-state index contributed by atoms with van der Waals surface area (Å²) in [4.78, 5) is 11.0. The van der Waals surface area contributed by atoms with E-state index >= 15 is 0 Å². The van der Waals surface area contributed by atoms with Crippen molar-refractivity contribution in [1.82, 2.24) is 0 Å². The van der Waals surface area contributed by atoms with E-state index < -0.39 is 0 Å². The van der Waals surface area contributed by atoms with Gasteiger partial charge >= 0.3 is 5.97 Å². The standard InChI is InChI=1S/C19H36O3/c1-5-6-9-12-17-15(2)16(3)18(22-17)13-10-7-8-11-14-19(20)21-4/h15-18H,5-14H2,1-4H3. The quantitative estimate of drug-likeness (QED) is 0.392. The molecule has 22 heavy (non-hydrogen) atoms. The highest BCUT2D eigenvalue weighted by atomic mass is 16.5. The minimum atomic E-state index is -0.0866. The molecule has 0 amide bonds. The summed E-state index contributed by atoms with van der Waals surface area (Å²) in [5, 5.41) is 0. The van der Waals surface area contributed by atoms with Gasteiger partial charge in [-0.3, -0.25) is 4.79 Å². The lowest BCUT2D eigenvalue weighted by atomic mass is 9.87. The van der Waals surface area contributed by atoms with E-state index in [4.69, 9.17) is 4.74 Å². The fourth-order valence-electron chi connectivity index (χ4n) is 3.48. The molecule has 4 atom stereocenters. The lowest BCUT2D eigenvalue weighted by molar-refractivity contribution is -0.140. The number of rotatable bonds is 11. The summed E-state index contributed by atoms with van der Waals surface area (Å²) < 4.78 is 11.0. The third-order valence-corrected chi connectivity index (χ3v) is 5.29. The van der Waals surface area contributed by atoms with Crippen LogP contribution in [0.15, 0.2) is 0 Å². The molecule has 1 heterocycles. The van der Waals surface area contributed by atoms with Crippen LogP contribution in [-0.2, 0) is 14.3 Å². The summed E-state index contributed by atoms with van der Waals surface area (Å²) in [5.74, 6) is 1.29. The van der Waals surface area contributed by atoms with E-state index in [2.05, 4.69) is 25.5 Å². The Balaban J connectivity index is 2.13. The van der Waals surface area contributed by atoms with Crippen LogP contribution >= 0.6 is 0 Å². The molecule has 3 heteroatoms. The Hall–Kier alpha value is -0.570. The molecule has 0 saturated carbocycles. The van der Waals surface area contributed by atoms with Gasteiger partial charge in [-0.05, 0) is 31.1 Å². The van der Waals surface area contributed by atoms with Crippen molar-refractivity contribution in [3.8, 4) is 0 Å². The van der Waals surface area contributed by atoms with Crippen LogP contribution in [0.5, 0.6) is 0 Å². The molecule has 0 aromatic carbocycles. The van der Waals surface area contributed by atoms with E-state index in [0.717, 1.165) is 12.8 Å². The molecule has 4 unspecified atom stereocenters. The number of hydrogen-bond acceptors (Lipinski definition) is 3. The van der Waals surface area contributed by atoms with Crippen molar-refractivity contribution in [2.24, 2.45) is 11.8 Å². The normalized spacial score (nSPS) is 28.0. The van der Waals surface area contributed by atoms with Crippen molar-refractivity contribution < 1.29 is 14.3 Å². The number of ether oxygens (including phenoxy) is 2. The van der Waals surface area contributed by atoms with Gasteiger partial charge in [-0.2, -0.15) is 0 Å². The number of unbranched alkanes of at least 4 members (excludes halogenated alkanes) is 5. The van der Waals surface area contributed by atoms with Gasteiger partial charge in [0.25, 0.3) is 0 Å². The van der Waals surface area contributed by atoms with Gasteiger partial charge in [0.05, 0.1) is 19.3 Å². The fourth-order valence-corrected chi connectivity index (χ4v) is 3.48. The molecule has 3 nitrogen and oxygen atoms in total. The molecular formula is C19H36O3. The molecule has 1 aliphatic heterocycles. The van der Waals surface area contributed by atoms with Gasteiger partial charge in [0.1, 0.15) is 0 Å². The molecule has 0 N–H and O–H groups in total. The Labute approximate surface area is 137 Å². The fraction of sp³-hybridized carbons (Fsp3) is 0.947. The smallest absolute Gasteiger partial charge is 0.305 e. The van der Waals surface area contributed by atoms with Crippen molar-refractivity contribution in [2.45, 2.75) is 97.2 Å². The van der Waals surface area contributed by atoms with Crippen molar-refractivity contribution in [2.75, 3.05) is 7.11 Å². The second-order valence-corrected chi connectivity index (χ2v) is 6.96. The van der Waals surface area contributed by atoms with Crippen LogP contribution in [0.2, 0.25) is 0 Å². The van der Waals surface area contributed by atoms with Crippen LogP contribution in [0, 0.1) is 11.8 Å². The zero-order chi connectivity index (χ0) is 16.4. The van der Waals surface area contributed by atoms with E-state index in [1.807, 2.05) is 0 Å². The van der Waals surface area contributed by atoms with Gasteiger partial charge in [0.2, 0.25) is 0 Å². The zero-order valence-electron chi connectivity index (χ0n) is 15.1. The molecule has 0 aliphatic carbocycles. The Morgan fingerprint density at radius 3 is 2.00 bits per heavy atom. The van der Waals surface area contributed by atoms with E-state index in [0.29, 0.717) is 30.5 Å². The van der Waals surface area contributed by atoms with Crippen molar-refractivity contribution in [3.63, 3.8) is 0 Å². The molecule has 1 aliphatic rings. The average Bonchev–Trinajstić information content (AvgIpc) is 2.79. The maximum atomic E-state index is 11.0. The van der Waals surface area contributed by atoms with Gasteiger partial charge < -0.3 is 9.47 Å². The molecule has 1 rings (SSSR count). The van der Waals surface area contributed by atoms with Gasteiger partial charge in [-0.15, -0.1) is 0 Å². The number of carbonyl (C=O) groups excluding carboxylic acids is 1. The molecule has 0 spiro atoms. The first-order valence-electron chi connectivity index (χ1n) is 9.32. The predicted octanol–water partition coefficient (Wildman–Crippen LogP) is 5.12. The van der Waals surface area contributed by atoms with Gasteiger partial charge in [-0.1, -0.05) is 59.3 Å². The zero-order valence-corrected chi connectivity index (χ0v) is 15.1. The lowest BCUT2D eigenvalue weighted by Gasteiger charge is -2.15. The predicted molar refractivity (Wildman–Crippen MR) is 90.8 cm³/mol. The Morgan fingerprint density at radius 1 is 0.909 bits per heavy atom. The van der Waals surface area contributed by atoms with Crippen molar-refractivity contribution in [3.05, 3.63) is 0 Å². The van der Waals surface area contributed by atoms with Gasteiger partial charge in [0, 0.05) is 6.42 Å². The topological polar surface area (TPSA) is 35.5 Å². The lowest BCUT2D eigenvalue weighted by Crippen LogP contribution is -2.16. The summed E-state index contributed by atoms with van der Waals surface area (Å²) in [6.07, 6.45) is 12.3. The van der Waals surface area contributed by atoms with Crippen molar-refractivity contribution >= 4 is 5.97 Å². The highest BCUT2D eigenvalue weighted by Crippen LogP contribution is 2.37. The van der Waals surface area contributed by atoms with E-state index in [1.165, 1.54) is 52.1 Å². The van der Waals surface area contributed by atoms with Crippen LogP contribution in [0.1, 0.15) is 85.0 Å². The molecule has 1 saturated heterocycles. The van der Waals surface area contributed by atoms with E-state index in [1.54, 1.807) is 0 Å². The van der Waals surface area contributed by atoms with Crippen LogP contribution < -0.4 is 0 Å². The maximum absolute atomic E-state index is 11.0. The van der Waals surface area contributed by atoms with Crippen molar-refractivity contribution in [1.29, 1.82) is 0 Å². The molecule has 0 aromatic heterocycles. The minimum Gasteiger partial charge on any atom is -0.469 e. The maximum Gasteiger partial charge on any atom is 0.305 e. The van der Waals surface area contributed by atoms with E-state index in [9.17, 15) is 4.79 Å². The number of hydrogen-bond donors (Lipinski definition) is 0. The number of esters is 1. The highest BCUT2D eigenvalue weighted by Gasteiger charge is 2.37. The third-order valence-electron chi connectivity index (χ3n) is 5.29. The highest BCUT2D eigenvalue weighted by molar-refractivity contribution is 5.68. The summed E-state index contributed by atoms with van der Waals surface area (Å²) in [7, 11) is 1.46.